The molecule has 0 aliphatic heterocycles. The number of amides is 1. The van der Waals surface area contributed by atoms with E-state index >= 15 is 0 Å². The summed E-state index contributed by atoms with van der Waals surface area (Å²) in [6, 6.07) is 1.20. The van der Waals surface area contributed by atoms with Gasteiger partial charge in [-0.1, -0.05) is 13.8 Å². The summed E-state index contributed by atoms with van der Waals surface area (Å²) in [7, 11) is 0. The molecule has 1 unspecified atom stereocenters. The Hall–Kier alpha value is -1.89. The Balaban J connectivity index is 2.84. The van der Waals surface area contributed by atoms with E-state index in [0.29, 0.717) is 6.54 Å². The predicted molar refractivity (Wildman–Crippen MR) is 67.2 cm³/mol. The second-order valence-electron chi connectivity index (χ2n) is 4.76. The number of rotatable bonds is 5. The molecule has 0 saturated heterocycles. The number of nitro groups is 1. The van der Waals surface area contributed by atoms with E-state index in [1.165, 1.54) is 12.3 Å². The van der Waals surface area contributed by atoms with E-state index in [9.17, 15) is 14.9 Å². The summed E-state index contributed by atoms with van der Waals surface area (Å²) in [4.78, 5) is 24.5. The molecule has 1 amide bonds. The maximum atomic E-state index is 11.9. The molecule has 0 aliphatic carbocycles. The molecule has 0 fully saturated rings. The van der Waals surface area contributed by atoms with Gasteiger partial charge < -0.3 is 16.0 Å². The highest BCUT2D eigenvalue weighted by molar-refractivity contribution is 5.93. The fraction of sp³-hybridized carbons (Fsp3) is 0.545. The fourth-order valence-electron chi connectivity index (χ4n) is 1.38. The summed E-state index contributed by atoms with van der Waals surface area (Å²) in [5, 5.41) is 13.3. The minimum atomic E-state index is -0.558. The summed E-state index contributed by atoms with van der Waals surface area (Å²) in [5.41, 5.74) is 5.12. The minimum absolute atomic E-state index is 0.140. The molecule has 1 atom stereocenters. The smallest absolute Gasteiger partial charge is 0.287 e. The lowest BCUT2D eigenvalue weighted by Crippen LogP contribution is -2.55. The molecular weight excluding hydrogens is 236 g/mol. The zero-order valence-electron chi connectivity index (χ0n) is 10.7. The fourth-order valence-corrected chi connectivity index (χ4v) is 1.38. The number of H-pyrrole nitrogens is 1. The largest absolute Gasteiger partial charge is 0.351 e. The van der Waals surface area contributed by atoms with Crippen molar-refractivity contribution in [3.63, 3.8) is 0 Å². The van der Waals surface area contributed by atoms with Gasteiger partial charge >= 0.3 is 0 Å². The maximum absolute atomic E-state index is 11.9. The third kappa shape index (κ3) is 2.86. The molecule has 0 aliphatic rings. The molecule has 4 N–H and O–H groups in total. The standard InChI is InChI=1S/C11H18N4O3/c1-7(2)11(3,6-12)14-10(16)9-4-8(5-13-9)15(17)18/h4-5,7,13H,6,12H2,1-3H3,(H,14,16). The molecule has 18 heavy (non-hydrogen) atoms. The van der Waals surface area contributed by atoms with Gasteiger partial charge in [-0.05, 0) is 12.8 Å². The van der Waals surface area contributed by atoms with E-state index in [0.717, 1.165) is 0 Å². The Labute approximate surface area is 105 Å². The highest BCUT2D eigenvalue weighted by atomic mass is 16.6. The third-order valence-electron chi connectivity index (χ3n) is 3.22. The number of nitrogens with one attached hydrogen (secondary N) is 2. The Kier molecular flexibility index (Phi) is 4.07. The lowest BCUT2D eigenvalue weighted by molar-refractivity contribution is -0.384. The van der Waals surface area contributed by atoms with Gasteiger partial charge in [0, 0.05) is 12.6 Å². The van der Waals surface area contributed by atoms with E-state index in [-0.39, 0.29) is 17.3 Å². The van der Waals surface area contributed by atoms with Crippen molar-refractivity contribution < 1.29 is 9.72 Å². The third-order valence-corrected chi connectivity index (χ3v) is 3.22. The van der Waals surface area contributed by atoms with Crippen LogP contribution in [0.1, 0.15) is 31.3 Å². The summed E-state index contributed by atoms with van der Waals surface area (Å²) in [5.74, 6) is -0.249. The van der Waals surface area contributed by atoms with Gasteiger partial charge in [-0.25, -0.2) is 0 Å². The summed E-state index contributed by atoms with van der Waals surface area (Å²) < 4.78 is 0. The summed E-state index contributed by atoms with van der Waals surface area (Å²) >= 11 is 0. The molecular formula is C11H18N4O3. The maximum Gasteiger partial charge on any atom is 0.287 e. The second kappa shape index (κ2) is 5.18. The molecule has 1 rings (SSSR count). The average Bonchev–Trinajstić information content (AvgIpc) is 2.77. The van der Waals surface area contributed by atoms with Gasteiger partial charge in [0.1, 0.15) is 5.69 Å². The van der Waals surface area contributed by atoms with Gasteiger partial charge in [-0.2, -0.15) is 0 Å². The van der Waals surface area contributed by atoms with Crippen LogP contribution in [0, 0.1) is 16.0 Å². The van der Waals surface area contributed by atoms with Crippen molar-refractivity contribution in [2.75, 3.05) is 6.54 Å². The van der Waals surface area contributed by atoms with Crippen LogP contribution in [0.2, 0.25) is 0 Å². The summed E-state index contributed by atoms with van der Waals surface area (Å²) in [6.07, 6.45) is 1.18. The quantitative estimate of drug-likeness (QED) is 0.537. The van der Waals surface area contributed by atoms with Crippen LogP contribution in [0.25, 0.3) is 0 Å². The summed E-state index contributed by atoms with van der Waals surface area (Å²) in [6.45, 7) is 6.03. The normalized spacial score (nSPS) is 14.3. The van der Waals surface area contributed by atoms with E-state index < -0.39 is 16.4 Å². The van der Waals surface area contributed by atoms with Crippen molar-refractivity contribution in [2.45, 2.75) is 26.3 Å². The highest BCUT2D eigenvalue weighted by Gasteiger charge is 2.29. The number of hydrogen-bond acceptors (Lipinski definition) is 4. The van der Waals surface area contributed by atoms with Crippen LogP contribution in [-0.2, 0) is 0 Å². The van der Waals surface area contributed by atoms with E-state index in [1.54, 1.807) is 0 Å². The average molecular weight is 254 g/mol. The van der Waals surface area contributed by atoms with Crippen LogP contribution in [0.5, 0.6) is 0 Å². The SMILES string of the molecule is CC(C)C(C)(CN)NC(=O)c1cc([N+](=O)[O-])c[nH]1. The van der Waals surface area contributed by atoms with Gasteiger partial charge in [0.2, 0.25) is 0 Å². The van der Waals surface area contributed by atoms with Crippen molar-refractivity contribution >= 4 is 11.6 Å². The first-order valence-electron chi connectivity index (χ1n) is 5.65. The zero-order valence-corrected chi connectivity index (χ0v) is 10.7. The van der Waals surface area contributed by atoms with E-state index in [1.807, 2.05) is 20.8 Å². The van der Waals surface area contributed by atoms with E-state index in [4.69, 9.17) is 5.73 Å². The molecule has 1 aromatic rings. The molecule has 7 heteroatoms. The number of hydrogen-bond donors (Lipinski definition) is 3. The zero-order chi connectivity index (χ0) is 13.9. The molecule has 100 valence electrons. The van der Waals surface area contributed by atoms with Crippen LogP contribution in [-0.4, -0.2) is 27.9 Å². The Morgan fingerprint density at radius 3 is 2.67 bits per heavy atom. The Morgan fingerprint density at radius 2 is 2.28 bits per heavy atom. The molecule has 7 nitrogen and oxygen atoms in total. The second-order valence-corrected chi connectivity index (χ2v) is 4.76. The topological polar surface area (TPSA) is 114 Å². The van der Waals surface area contributed by atoms with Crippen molar-refractivity contribution in [1.29, 1.82) is 0 Å². The lowest BCUT2D eigenvalue weighted by atomic mass is 9.88. The molecule has 0 saturated carbocycles. The first kappa shape index (κ1) is 14.2. The molecule has 1 heterocycles. The van der Waals surface area contributed by atoms with Crippen LogP contribution < -0.4 is 11.1 Å². The predicted octanol–water partition coefficient (Wildman–Crippen LogP) is 1.03. The van der Waals surface area contributed by atoms with Crippen molar-refractivity contribution in [3.05, 3.63) is 28.1 Å². The Morgan fingerprint density at radius 1 is 1.67 bits per heavy atom. The van der Waals surface area contributed by atoms with Crippen molar-refractivity contribution in [1.82, 2.24) is 10.3 Å². The number of nitrogens with two attached hydrogens (primary N) is 1. The van der Waals surface area contributed by atoms with Gasteiger partial charge in [-0.3, -0.25) is 14.9 Å². The monoisotopic (exact) mass is 254 g/mol. The van der Waals surface area contributed by atoms with Gasteiger partial charge in [-0.15, -0.1) is 0 Å². The number of aromatic amines is 1. The molecule has 0 radical (unpaired) electrons. The van der Waals surface area contributed by atoms with Crippen LogP contribution in [0.3, 0.4) is 0 Å². The van der Waals surface area contributed by atoms with Crippen LogP contribution in [0.15, 0.2) is 12.3 Å². The highest BCUT2D eigenvalue weighted by Crippen LogP contribution is 2.17. The molecule has 1 aromatic heterocycles. The van der Waals surface area contributed by atoms with Gasteiger partial charge in [0.15, 0.2) is 0 Å². The number of aromatic nitrogens is 1. The van der Waals surface area contributed by atoms with Crippen molar-refractivity contribution in [3.8, 4) is 0 Å². The number of nitrogens with zero attached hydrogens (tertiary/aromatic N) is 1. The first-order chi connectivity index (χ1) is 8.30. The van der Waals surface area contributed by atoms with Gasteiger partial charge in [0.25, 0.3) is 11.6 Å². The van der Waals surface area contributed by atoms with Crippen LogP contribution >= 0.6 is 0 Å². The Bertz CT molecular complexity index is 455. The van der Waals surface area contributed by atoms with E-state index in [2.05, 4.69) is 10.3 Å². The lowest BCUT2D eigenvalue weighted by Gasteiger charge is -2.33. The molecule has 0 bridgehead atoms. The molecule has 0 spiro atoms. The van der Waals surface area contributed by atoms with Crippen LogP contribution in [0.4, 0.5) is 5.69 Å². The number of carbonyl (C=O) groups excluding carboxylic acids is 1. The van der Waals surface area contributed by atoms with Gasteiger partial charge in [0.05, 0.1) is 16.7 Å². The minimum Gasteiger partial charge on any atom is -0.351 e. The van der Waals surface area contributed by atoms with Crippen molar-refractivity contribution in [2.24, 2.45) is 11.7 Å². The number of carbonyl (C=O) groups is 1. The first-order valence-corrected chi connectivity index (χ1v) is 5.65. The molecule has 0 aromatic carbocycles.